The van der Waals surface area contributed by atoms with Crippen molar-refractivity contribution in [3.8, 4) is 11.4 Å². The molecular weight excluding hydrogens is 410 g/mol. The Morgan fingerprint density at radius 3 is 2.82 bits per heavy atom. The number of nitrogens with zero attached hydrogens (tertiary/aromatic N) is 1. The maximum Gasteiger partial charge on any atom is 0.140 e. The summed E-state index contributed by atoms with van der Waals surface area (Å²) >= 11 is 3.56. The zero-order valence-electron chi connectivity index (χ0n) is 16.0. The van der Waals surface area contributed by atoms with E-state index in [0.717, 1.165) is 51.0 Å². The molecule has 2 aromatic heterocycles. The summed E-state index contributed by atoms with van der Waals surface area (Å²) in [4.78, 5) is 11.8. The van der Waals surface area contributed by atoms with E-state index in [-0.39, 0.29) is 0 Å². The van der Waals surface area contributed by atoms with Crippen LogP contribution in [0.3, 0.4) is 0 Å². The number of aromatic nitrogens is 3. The van der Waals surface area contributed by atoms with E-state index in [9.17, 15) is 0 Å². The number of fused-ring (bicyclic) bond motifs is 1. The molecule has 3 nitrogen and oxygen atoms in total. The van der Waals surface area contributed by atoms with Gasteiger partial charge in [0.05, 0.1) is 5.69 Å². The first kappa shape index (κ1) is 19.9. The van der Waals surface area contributed by atoms with Gasteiger partial charge in [-0.25, -0.2) is 4.98 Å². The van der Waals surface area contributed by atoms with E-state index >= 15 is 0 Å². The quantitative estimate of drug-likeness (QED) is 0.421. The highest BCUT2D eigenvalue weighted by Crippen LogP contribution is 2.32. The number of imidazole rings is 1. The number of rotatable bonds is 4. The largest absolute Gasteiger partial charge is 0.360 e. The molecule has 0 fully saturated rings. The van der Waals surface area contributed by atoms with Gasteiger partial charge in [0, 0.05) is 39.3 Å². The predicted octanol–water partition coefficient (Wildman–Crippen LogP) is 7.14. The Bertz CT molecular complexity index is 1080. The van der Waals surface area contributed by atoms with Crippen LogP contribution < -0.4 is 0 Å². The Kier molecular flexibility index (Phi) is 6.66. The summed E-state index contributed by atoms with van der Waals surface area (Å²) in [6.45, 7) is 9.14. The Balaban J connectivity index is 0.000000706. The van der Waals surface area contributed by atoms with E-state index in [4.69, 9.17) is 4.98 Å². The second-order valence-electron chi connectivity index (χ2n) is 6.41. The lowest BCUT2D eigenvalue weighted by molar-refractivity contribution is 1.14. The highest BCUT2D eigenvalue weighted by atomic mass is 79.9. The number of halogens is 1. The Hall–Kier alpha value is -2.85. The molecule has 0 aliphatic heterocycles. The molecule has 28 heavy (non-hydrogen) atoms. The molecule has 0 radical (unpaired) electrons. The van der Waals surface area contributed by atoms with Gasteiger partial charge in [-0.3, -0.25) is 0 Å². The van der Waals surface area contributed by atoms with Crippen LogP contribution in [0.4, 0.5) is 0 Å². The van der Waals surface area contributed by atoms with E-state index in [1.807, 2.05) is 31.3 Å². The van der Waals surface area contributed by atoms with Crippen LogP contribution in [0.1, 0.15) is 24.7 Å². The number of benzene rings is 1. The molecule has 4 rings (SSSR count). The van der Waals surface area contributed by atoms with Gasteiger partial charge in [-0.2, -0.15) is 0 Å². The number of hydrogen-bond acceptors (Lipinski definition) is 1. The van der Waals surface area contributed by atoms with E-state index in [2.05, 4.69) is 75.5 Å². The molecule has 0 saturated carbocycles. The fourth-order valence-electron chi connectivity index (χ4n) is 3.14. The summed E-state index contributed by atoms with van der Waals surface area (Å²) in [6.07, 6.45) is 17.8. The molecule has 0 atom stereocenters. The van der Waals surface area contributed by atoms with Gasteiger partial charge in [0.1, 0.15) is 5.82 Å². The van der Waals surface area contributed by atoms with Crippen molar-refractivity contribution in [1.82, 2.24) is 15.0 Å². The Labute approximate surface area is 174 Å². The number of hydrogen-bond donors (Lipinski definition) is 2. The smallest absolute Gasteiger partial charge is 0.140 e. The molecule has 1 aromatic carbocycles. The molecule has 1 aliphatic carbocycles. The fourth-order valence-corrected chi connectivity index (χ4v) is 3.50. The summed E-state index contributed by atoms with van der Waals surface area (Å²) < 4.78 is 1.06. The highest BCUT2D eigenvalue weighted by molar-refractivity contribution is 9.10. The van der Waals surface area contributed by atoms with E-state index in [0.29, 0.717) is 0 Å². The highest BCUT2D eigenvalue weighted by Gasteiger charge is 2.16. The Morgan fingerprint density at radius 2 is 2.04 bits per heavy atom. The SMILES string of the molecule is C=CC.C=CCc1[nH]c(-c2c[nH]c3ccc(Br)cc23)nc1C1=CC=CC=CC1. The Morgan fingerprint density at radius 1 is 1.21 bits per heavy atom. The van der Waals surface area contributed by atoms with Crippen molar-refractivity contribution in [2.24, 2.45) is 0 Å². The van der Waals surface area contributed by atoms with Crippen molar-refractivity contribution >= 4 is 32.4 Å². The standard InChI is InChI=1S/C21H18BrN3.C3H6/c1-2-7-19-20(14-8-5-3-4-6-9-14)25-21(24-19)17-13-23-18-11-10-15(22)12-16(17)18;1-3-2/h2-6,8,10-13,23H,1,7,9H2,(H,24,25);3H,1H2,2H3. The van der Waals surface area contributed by atoms with Crippen LogP contribution in [0.15, 0.2) is 84.6 Å². The minimum Gasteiger partial charge on any atom is -0.360 e. The van der Waals surface area contributed by atoms with Gasteiger partial charge in [0.2, 0.25) is 0 Å². The molecule has 2 heterocycles. The zero-order chi connectivity index (χ0) is 19.9. The van der Waals surface area contributed by atoms with E-state index in [1.165, 1.54) is 5.57 Å². The number of allylic oxidation sites excluding steroid dienone is 8. The molecule has 0 spiro atoms. The van der Waals surface area contributed by atoms with Gasteiger partial charge in [0.25, 0.3) is 0 Å². The summed E-state index contributed by atoms with van der Waals surface area (Å²) in [5.74, 6) is 0.884. The summed E-state index contributed by atoms with van der Waals surface area (Å²) in [5.41, 5.74) is 5.51. The van der Waals surface area contributed by atoms with Gasteiger partial charge in [-0.1, -0.05) is 58.5 Å². The maximum absolute atomic E-state index is 4.94. The second-order valence-corrected chi connectivity index (χ2v) is 7.33. The topological polar surface area (TPSA) is 44.5 Å². The van der Waals surface area contributed by atoms with Crippen LogP contribution in [-0.4, -0.2) is 15.0 Å². The van der Waals surface area contributed by atoms with Crippen LogP contribution in [0.2, 0.25) is 0 Å². The lowest BCUT2D eigenvalue weighted by Gasteiger charge is -2.02. The summed E-state index contributed by atoms with van der Waals surface area (Å²) in [6, 6.07) is 6.22. The van der Waals surface area contributed by atoms with Crippen LogP contribution in [-0.2, 0) is 6.42 Å². The minimum atomic E-state index is 0.763. The number of H-pyrrole nitrogens is 2. The van der Waals surface area contributed by atoms with E-state index < -0.39 is 0 Å². The molecule has 0 amide bonds. The van der Waals surface area contributed by atoms with Crippen molar-refractivity contribution in [2.45, 2.75) is 19.8 Å². The predicted molar refractivity (Wildman–Crippen MR) is 124 cm³/mol. The normalized spacial score (nSPS) is 12.9. The van der Waals surface area contributed by atoms with Crippen LogP contribution >= 0.6 is 15.9 Å². The molecule has 2 N–H and O–H groups in total. The number of nitrogens with one attached hydrogen (secondary N) is 2. The van der Waals surface area contributed by atoms with Crippen molar-refractivity contribution < 1.29 is 0 Å². The third kappa shape index (κ3) is 4.34. The molecule has 4 heteroatoms. The average Bonchev–Trinajstić information content (AvgIpc) is 3.17. The third-order valence-corrected chi connectivity index (χ3v) is 4.82. The first-order valence-electron chi connectivity index (χ1n) is 9.24. The zero-order valence-corrected chi connectivity index (χ0v) is 17.6. The molecule has 142 valence electrons. The van der Waals surface area contributed by atoms with Gasteiger partial charge in [-0.05, 0) is 37.1 Å². The summed E-state index contributed by atoms with van der Waals surface area (Å²) in [5, 5.41) is 1.15. The van der Waals surface area contributed by atoms with Crippen LogP contribution in [0, 0.1) is 0 Å². The van der Waals surface area contributed by atoms with Crippen LogP contribution in [0.25, 0.3) is 27.9 Å². The van der Waals surface area contributed by atoms with Gasteiger partial charge in [-0.15, -0.1) is 13.2 Å². The molecule has 1 aliphatic rings. The lowest BCUT2D eigenvalue weighted by Crippen LogP contribution is -1.91. The minimum absolute atomic E-state index is 0.763. The molecule has 3 aromatic rings. The first-order chi connectivity index (χ1) is 13.7. The van der Waals surface area contributed by atoms with Gasteiger partial charge >= 0.3 is 0 Å². The first-order valence-corrected chi connectivity index (χ1v) is 10.0. The second kappa shape index (κ2) is 9.38. The average molecular weight is 434 g/mol. The van der Waals surface area contributed by atoms with Crippen molar-refractivity contribution in [3.05, 3.63) is 95.9 Å². The monoisotopic (exact) mass is 433 g/mol. The third-order valence-electron chi connectivity index (χ3n) is 4.32. The van der Waals surface area contributed by atoms with Gasteiger partial charge < -0.3 is 9.97 Å². The molecular formula is C24H24BrN3. The summed E-state index contributed by atoms with van der Waals surface area (Å²) in [7, 11) is 0. The maximum atomic E-state index is 4.94. The van der Waals surface area contributed by atoms with Crippen molar-refractivity contribution in [1.29, 1.82) is 0 Å². The van der Waals surface area contributed by atoms with Crippen molar-refractivity contribution in [2.75, 3.05) is 0 Å². The number of aromatic amines is 2. The lowest BCUT2D eigenvalue weighted by atomic mass is 10.1. The van der Waals surface area contributed by atoms with Gasteiger partial charge in [0.15, 0.2) is 0 Å². The molecule has 0 bridgehead atoms. The molecule has 0 saturated heterocycles. The van der Waals surface area contributed by atoms with E-state index in [1.54, 1.807) is 6.08 Å². The van der Waals surface area contributed by atoms with Crippen molar-refractivity contribution in [3.63, 3.8) is 0 Å². The van der Waals surface area contributed by atoms with Crippen LogP contribution in [0.5, 0.6) is 0 Å². The molecule has 0 unspecified atom stereocenters. The fraction of sp³-hybridized carbons (Fsp3) is 0.125.